The van der Waals surface area contributed by atoms with Crippen LogP contribution >= 0.6 is 0 Å². The molecule has 0 aliphatic carbocycles. The molecule has 0 aromatic rings. The van der Waals surface area contributed by atoms with Crippen LogP contribution in [0.4, 0.5) is 0 Å². The molecule has 8 nitrogen and oxygen atoms in total. The zero-order valence-corrected chi connectivity index (χ0v) is 15.8. The van der Waals surface area contributed by atoms with Crippen LogP contribution in [0.1, 0.15) is 12.8 Å². The molecule has 0 fully saturated rings. The minimum absolute atomic E-state index is 0. The Morgan fingerprint density at radius 3 is 1.17 bits per heavy atom. The SMILES string of the molecule is C[N+](C)(C)CCO.C[N+](C)(C)CCO.O=C([O-])CCC(=O)O.[Cl-]. The van der Waals surface area contributed by atoms with Crippen molar-refractivity contribution in [3.05, 3.63) is 0 Å². The second-order valence-corrected chi connectivity index (χ2v) is 6.74. The Balaban J connectivity index is -0.000000116. The normalized spacial score (nSPS) is 10.3. The maximum Gasteiger partial charge on any atom is 0.303 e. The highest BCUT2D eigenvalue weighted by Crippen LogP contribution is 1.85. The number of aliphatic hydroxyl groups excluding tert-OH is 2. The molecular formula is C14H33ClN2O6. The van der Waals surface area contributed by atoms with Gasteiger partial charge in [-0.1, -0.05) is 0 Å². The summed E-state index contributed by atoms with van der Waals surface area (Å²) in [5, 5.41) is 34.2. The van der Waals surface area contributed by atoms with Gasteiger partial charge in [-0.3, -0.25) is 4.79 Å². The number of quaternary nitrogens is 2. The number of aliphatic carboxylic acids is 2. The number of hydrogen-bond donors (Lipinski definition) is 3. The van der Waals surface area contributed by atoms with Crippen molar-refractivity contribution in [3.8, 4) is 0 Å². The molecule has 0 aromatic heterocycles. The molecule has 0 saturated heterocycles. The van der Waals surface area contributed by atoms with Crippen LogP contribution in [-0.4, -0.2) is 105 Å². The van der Waals surface area contributed by atoms with Crippen molar-refractivity contribution in [2.45, 2.75) is 12.8 Å². The molecule has 9 heteroatoms. The first-order valence-electron chi connectivity index (χ1n) is 6.99. The lowest BCUT2D eigenvalue weighted by atomic mass is 10.3. The molecule has 0 aromatic carbocycles. The first-order chi connectivity index (χ1) is 9.75. The molecule has 23 heavy (non-hydrogen) atoms. The topological polar surface area (TPSA) is 118 Å². The fourth-order valence-electron chi connectivity index (χ4n) is 0.809. The van der Waals surface area contributed by atoms with E-state index in [0.717, 1.165) is 22.1 Å². The maximum absolute atomic E-state index is 9.61. The van der Waals surface area contributed by atoms with Crippen LogP contribution in [0.3, 0.4) is 0 Å². The lowest BCUT2D eigenvalue weighted by molar-refractivity contribution is -0.870. The summed E-state index contributed by atoms with van der Waals surface area (Å²) < 4.78 is 1.69. The molecule has 0 heterocycles. The first kappa shape index (κ1) is 30.0. The van der Waals surface area contributed by atoms with Crippen LogP contribution in [0.5, 0.6) is 0 Å². The molecule has 0 radical (unpaired) electrons. The Bertz CT molecular complexity index is 271. The van der Waals surface area contributed by atoms with E-state index in [-0.39, 0.29) is 32.0 Å². The van der Waals surface area contributed by atoms with E-state index in [2.05, 4.69) is 42.3 Å². The lowest BCUT2D eigenvalue weighted by Crippen LogP contribution is -3.00. The highest BCUT2D eigenvalue weighted by Gasteiger charge is 2.02. The van der Waals surface area contributed by atoms with E-state index >= 15 is 0 Å². The van der Waals surface area contributed by atoms with Crippen molar-refractivity contribution in [1.82, 2.24) is 0 Å². The third kappa shape index (κ3) is 52.6. The summed E-state index contributed by atoms with van der Waals surface area (Å²) in [7, 11) is 12.3. The van der Waals surface area contributed by atoms with Crippen molar-refractivity contribution in [3.63, 3.8) is 0 Å². The van der Waals surface area contributed by atoms with Gasteiger partial charge < -0.3 is 46.6 Å². The Morgan fingerprint density at radius 2 is 1.13 bits per heavy atom. The molecule has 3 N–H and O–H groups in total. The minimum atomic E-state index is -1.33. The van der Waals surface area contributed by atoms with E-state index in [1.807, 2.05) is 0 Å². The largest absolute Gasteiger partial charge is 1.00 e. The quantitative estimate of drug-likeness (QED) is 0.391. The molecule has 0 aliphatic rings. The van der Waals surface area contributed by atoms with Crippen LogP contribution in [0.2, 0.25) is 0 Å². The van der Waals surface area contributed by atoms with Crippen LogP contribution < -0.4 is 17.5 Å². The van der Waals surface area contributed by atoms with Gasteiger partial charge in [-0.15, -0.1) is 0 Å². The summed E-state index contributed by atoms with van der Waals surface area (Å²) in [5.74, 6) is -2.44. The van der Waals surface area contributed by atoms with Gasteiger partial charge in [0, 0.05) is 5.97 Å². The number of nitrogens with zero attached hydrogens (tertiary/aromatic N) is 2. The van der Waals surface area contributed by atoms with Crippen LogP contribution in [0.25, 0.3) is 0 Å². The third-order valence-electron chi connectivity index (χ3n) is 2.08. The van der Waals surface area contributed by atoms with Gasteiger partial charge in [-0.05, 0) is 6.42 Å². The minimum Gasteiger partial charge on any atom is -1.00 e. The van der Waals surface area contributed by atoms with Crippen LogP contribution in [-0.2, 0) is 9.59 Å². The fraction of sp³-hybridized carbons (Fsp3) is 0.857. The Kier molecular flexibility index (Phi) is 20.8. The van der Waals surface area contributed by atoms with Gasteiger partial charge in [0.1, 0.15) is 13.1 Å². The van der Waals surface area contributed by atoms with Crippen molar-refractivity contribution >= 4 is 11.9 Å². The number of aliphatic hydroxyl groups is 2. The number of hydrogen-bond acceptors (Lipinski definition) is 5. The van der Waals surface area contributed by atoms with Crippen molar-refractivity contribution < 1.29 is 51.4 Å². The van der Waals surface area contributed by atoms with Gasteiger partial charge in [0.2, 0.25) is 0 Å². The molecule has 0 unspecified atom stereocenters. The number of likely N-dealkylation sites (N-methyl/N-ethyl adjacent to an activating group) is 2. The molecule has 0 atom stereocenters. The summed E-state index contributed by atoms with van der Waals surface area (Å²) in [6.07, 6.45) is -0.766. The van der Waals surface area contributed by atoms with Gasteiger partial charge in [0.25, 0.3) is 0 Å². The number of halogens is 1. The Labute approximate surface area is 145 Å². The summed E-state index contributed by atoms with van der Waals surface area (Å²) in [5.41, 5.74) is 0. The second kappa shape index (κ2) is 15.9. The number of carbonyl (C=O) groups excluding carboxylic acids is 1. The zero-order chi connectivity index (χ0) is 18.4. The number of carboxylic acids is 2. The summed E-state index contributed by atoms with van der Waals surface area (Å²) in [6, 6.07) is 0. The van der Waals surface area contributed by atoms with Crippen molar-refractivity contribution in [1.29, 1.82) is 0 Å². The van der Waals surface area contributed by atoms with E-state index in [4.69, 9.17) is 15.3 Å². The predicted octanol–water partition coefficient (Wildman–Crippen LogP) is -5.03. The molecule has 0 aliphatic heterocycles. The molecule has 0 rings (SSSR count). The van der Waals surface area contributed by atoms with Gasteiger partial charge in [-0.2, -0.15) is 0 Å². The van der Waals surface area contributed by atoms with E-state index in [1.165, 1.54) is 0 Å². The monoisotopic (exact) mass is 360 g/mol. The van der Waals surface area contributed by atoms with Crippen molar-refractivity contribution in [2.75, 3.05) is 68.6 Å². The standard InChI is InChI=1S/2C5H14NO.C4H6O4.ClH/c2*1-6(2,3)4-5-7;5-3(6)1-2-4(7)8;/h2*7H,4-5H2,1-3H3;1-2H2,(H,5,6)(H,7,8);1H/q2*+1;;/p-2. The Hall–Kier alpha value is -0.930. The Morgan fingerprint density at radius 1 is 0.826 bits per heavy atom. The third-order valence-corrected chi connectivity index (χ3v) is 2.08. The van der Waals surface area contributed by atoms with E-state index in [1.54, 1.807) is 0 Å². The summed E-state index contributed by atoms with van der Waals surface area (Å²) in [6.45, 7) is 2.23. The second-order valence-electron chi connectivity index (χ2n) is 6.74. The summed E-state index contributed by atoms with van der Waals surface area (Å²) >= 11 is 0. The molecule has 0 amide bonds. The predicted molar refractivity (Wildman–Crippen MR) is 81.8 cm³/mol. The summed E-state index contributed by atoms with van der Waals surface area (Å²) in [4.78, 5) is 19.1. The number of rotatable bonds is 7. The molecule has 0 bridgehead atoms. The fourth-order valence-corrected chi connectivity index (χ4v) is 0.809. The molecular weight excluding hydrogens is 328 g/mol. The lowest BCUT2D eigenvalue weighted by Gasteiger charge is -2.21. The average molecular weight is 361 g/mol. The van der Waals surface area contributed by atoms with Crippen LogP contribution in [0.15, 0.2) is 0 Å². The average Bonchev–Trinajstić information content (AvgIpc) is 2.24. The number of carbonyl (C=O) groups is 2. The van der Waals surface area contributed by atoms with Gasteiger partial charge in [0.15, 0.2) is 0 Å². The van der Waals surface area contributed by atoms with Gasteiger partial charge >= 0.3 is 5.97 Å². The van der Waals surface area contributed by atoms with Crippen LogP contribution in [0, 0.1) is 0 Å². The molecule has 142 valence electrons. The van der Waals surface area contributed by atoms with E-state index in [9.17, 15) is 14.7 Å². The maximum atomic E-state index is 9.61. The first-order valence-corrected chi connectivity index (χ1v) is 6.99. The highest BCUT2D eigenvalue weighted by atomic mass is 35.5. The molecule has 0 saturated carbocycles. The van der Waals surface area contributed by atoms with E-state index < -0.39 is 18.4 Å². The van der Waals surface area contributed by atoms with Crippen molar-refractivity contribution in [2.24, 2.45) is 0 Å². The number of carboxylic acid groups (broad SMARTS) is 2. The van der Waals surface area contributed by atoms with Gasteiger partial charge in [-0.25, -0.2) is 0 Å². The van der Waals surface area contributed by atoms with Gasteiger partial charge in [0.05, 0.1) is 61.9 Å². The van der Waals surface area contributed by atoms with E-state index in [0.29, 0.717) is 0 Å². The smallest absolute Gasteiger partial charge is 0.303 e. The zero-order valence-electron chi connectivity index (χ0n) is 15.1. The highest BCUT2D eigenvalue weighted by molar-refractivity contribution is 5.74. The molecule has 0 spiro atoms.